The zero-order valence-corrected chi connectivity index (χ0v) is 20.4. The Morgan fingerprint density at radius 1 is 1.18 bits per heavy atom. The molecule has 0 spiro atoms. The molecule has 4 aliphatic heterocycles. The molecule has 11 heteroatoms. The highest BCUT2D eigenvalue weighted by atomic mass is 32.2. The van der Waals surface area contributed by atoms with E-state index in [0.717, 1.165) is 38.0 Å². The summed E-state index contributed by atoms with van der Waals surface area (Å²) >= 11 is 1.64. The molecule has 2 amide bonds. The van der Waals surface area contributed by atoms with Crippen LogP contribution in [0.2, 0.25) is 0 Å². The maximum Gasteiger partial charge on any atom is 0.248 e. The number of morpholine rings is 1. The average Bonchev–Trinajstić information content (AvgIpc) is 3.52. The zero-order chi connectivity index (χ0) is 23.2. The second-order valence-electron chi connectivity index (χ2n) is 9.14. The molecule has 0 saturated carbocycles. The fourth-order valence-corrected chi connectivity index (χ4v) is 8.04. The number of amides is 2. The van der Waals surface area contributed by atoms with Gasteiger partial charge in [-0.05, 0) is 44.4 Å². The molecule has 0 aromatic heterocycles. The Balaban J connectivity index is 1.45. The van der Waals surface area contributed by atoms with Crippen LogP contribution in [0.4, 0.5) is 11.4 Å². The number of thioether (sulfide) groups is 1. The molecule has 5 rings (SSSR count). The van der Waals surface area contributed by atoms with E-state index in [4.69, 9.17) is 4.74 Å². The highest BCUT2D eigenvalue weighted by Gasteiger charge is 2.53. The van der Waals surface area contributed by atoms with E-state index < -0.39 is 16.1 Å². The second-order valence-corrected chi connectivity index (χ2v) is 12.6. The third kappa shape index (κ3) is 4.13. The molecule has 4 fully saturated rings. The number of hydrogen-bond donors (Lipinski definition) is 1. The molecule has 1 aromatic carbocycles. The molecule has 0 aliphatic carbocycles. The first-order chi connectivity index (χ1) is 15.8. The van der Waals surface area contributed by atoms with Crippen molar-refractivity contribution in [2.24, 2.45) is 0 Å². The van der Waals surface area contributed by atoms with E-state index in [2.05, 4.69) is 10.2 Å². The molecule has 0 unspecified atom stereocenters. The number of nitrogens with one attached hydrogen (secondary N) is 1. The number of fused-ring (bicyclic) bond motifs is 1. The van der Waals surface area contributed by atoms with Gasteiger partial charge in [0.15, 0.2) is 0 Å². The van der Waals surface area contributed by atoms with E-state index in [1.165, 1.54) is 4.31 Å². The van der Waals surface area contributed by atoms with E-state index in [9.17, 15) is 18.0 Å². The van der Waals surface area contributed by atoms with Crippen LogP contribution in [-0.4, -0.2) is 85.5 Å². The van der Waals surface area contributed by atoms with Gasteiger partial charge in [0.05, 0.1) is 34.4 Å². The van der Waals surface area contributed by atoms with Crippen LogP contribution in [0.1, 0.15) is 32.6 Å². The minimum Gasteiger partial charge on any atom is -0.379 e. The minimum atomic E-state index is -3.70. The molecule has 0 radical (unpaired) electrons. The van der Waals surface area contributed by atoms with E-state index in [-0.39, 0.29) is 21.6 Å². The van der Waals surface area contributed by atoms with Crippen molar-refractivity contribution in [1.29, 1.82) is 0 Å². The Bertz CT molecular complexity index is 1050. The topological polar surface area (TPSA) is 99.3 Å². The van der Waals surface area contributed by atoms with Crippen LogP contribution in [0.3, 0.4) is 0 Å². The number of sulfonamides is 1. The van der Waals surface area contributed by atoms with Gasteiger partial charge in [0.1, 0.15) is 6.04 Å². The van der Waals surface area contributed by atoms with Crippen LogP contribution in [0.15, 0.2) is 23.1 Å². The molecular weight excluding hydrogens is 464 g/mol. The smallest absolute Gasteiger partial charge is 0.248 e. The highest BCUT2D eigenvalue weighted by molar-refractivity contribution is 8.01. The van der Waals surface area contributed by atoms with Crippen LogP contribution < -0.4 is 10.2 Å². The third-order valence-electron chi connectivity index (χ3n) is 7.03. The lowest BCUT2D eigenvalue weighted by molar-refractivity contribution is -0.135. The number of carbonyl (C=O) groups is 2. The van der Waals surface area contributed by atoms with E-state index in [1.54, 1.807) is 34.9 Å². The number of ether oxygens (including phenoxy) is 1. The van der Waals surface area contributed by atoms with Gasteiger partial charge in [-0.25, -0.2) is 8.42 Å². The maximum atomic E-state index is 13.4. The fourth-order valence-electron chi connectivity index (χ4n) is 5.18. The van der Waals surface area contributed by atoms with Gasteiger partial charge in [-0.15, -0.1) is 11.8 Å². The van der Waals surface area contributed by atoms with Crippen molar-refractivity contribution >= 4 is 45.0 Å². The SMILES string of the molecule is C[C@]12CCC(=O)N1[C@H](C(=O)Nc1cc(S(=O)(=O)N3CCOCC3)ccc1N1CCCC1)CS2. The number of benzene rings is 1. The summed E-state index contributed by atoms with van der Waals surface area (Å²) in [4.78, 5) is 29.6. The normalized spacial score (nSPS) is 28.4. The van der Waals surface area contributed by atoms with Gasteiger partial charge in [-0.2, -0.15) is 4.31 Å². The van der Waals surface area contributed by atoms with Crippen LogP contribution >= 0.6 is 11.8 Å². The lowest BCUT2D eigenvalue weighted by Gasteiger charge is -2.30. The minimum absolute atomic E-state index is 0.00561. The Morgan fingerprint density at radius 3 is 2.64 bits per heavy atom. The van der Waals surface area contributed by atoms with Gasteiger partial charge in [0.25, 0.3) is 0 Å². The molecule has 33 heavy (non-hydrogen) atoms. The number of anilines is 2. The van der Waals surface area contributed by atoms with Gasteiger partial charge in [0.2, 0.25) is 21.8 Å². The monoisotopic (exact) mass is 494 g/mol. The molecule has 4 saturated heterocycles. The van der Waals surface area contributed by atoms with Gasteiger partial charge < -0.3 is 19.9 Å². The van der Waals surface area contributed by atoms with Gasteiger partial charge >= 0.3 is 0 Å². The summed E-state index contributed by atoms with van der Waals surface area (Å²) in [5, 5.41) is 3.00. The first-order valence-corrected chi connectivity index (χ1v) is 14.0. The van der Waals surface area contributed by atoms with Crippen molar-refractivity contribution in [3.05, 3.63) is 18.2 Å². The quantitative estimate of drug-likeness (QED) is 0.665. The Labute approximate surface area is 198 Å². The van der Waals surface area contributed by atoms with Crippen molar-refractivity contribution in [3.8, 4) is 0 Å². The first kappa shape index (κ1) is 22.9. The van der Waals surface area contributed by atoms with Gasteiger partial charge in [-0.1, -0.05) is 0 Å². The number of nitrogens with zero attached hydrogens (tertiary/aromatic N) is 3. The van der Waals surface area contributed by atoms with Crippen molar-refractivity contribution in [1.82, 2.24) is 9.21 Å². The van der Waals surface area contributed by atoms with E-state index >= 15 is 0 Å². The predicted octanol–water partition coefficient (Wildman–Crippen LogP) is 1.70. The largest absolute Gasteiger partial charge is 0.379 e. The Kier molecular flexibility index (Phi) is 6.09. The summed E-state index contributed by atoms with van der Waals surface area (Å²) in [6, 6.07) is 4.44. The summed E-state index contributed by atoms with van der Waals surface area (Å²) < 4.78 is 33.2. The number of rotatable bonds is 5. The first-order valence-electron chi connectivity index (χ1n) is 11.5. The van der Waals surface area contributed by atoms with Crippen molar-refractivity contribution in [2.75, 3.05) is 55.4 Å². The maximum absolute atomic E-state index is 13.4. The molecule has 4 aliphatic rings. The van der Waals surface area contributed by atoms with E-state index in [1.807, 2.05) is 6.92 Å². The Morgan fingerprint density at radius 2 is 1.91 bits per heavy atom. The molecule has 9 nitrogen and oxygen atoms in total. The number of hydrogen-bond acceptors (Lipinski definition) is 7. The van der Waals surface area contributed by atoms with Crippen molar-refractivity contribution in [3.63, 3.8) is 0 Å². The lowest BCUT2D eigenvalue weighted by Crippen LogP contribution is -2.48. The van der Waals surface area contributed by atoms with Crippen molar-refractivity contribution in [2.45, 2.75) is 48.4 Å². The molecule has 1 aromatic rings. The highest BCUT2D eigenvalue weighted by Crippen LogP contribution is 2.47. The van der Waals surface area contributed by atoms with Crippen LogP contribution in [0.5, 0.6) is 0 Å². The predicted molar refractivity (Wildman–Crippen MR) is 127 cm³/mol. The summed E-state index contributed by atoms with van der Waals surface area (Å²) in [5.41, 5.74) is 1.31. The summed E-state index contributed by atoms with van der Waals surface area (Å²) in [6.07, 6.45) is 3.31. The molecule has 2 atom stereocenters. The van der Waals surface area contributed by atoms with Crippen molar-refractivity contribution < 1.29 is 22.7 Å². The summed E-state index contributed by atoms with van der Waals surface area (Å²) in [7, 11) is -3.70. The third-order valence-corrected chi connectivity index (χ3v) is 10.4. The molecule has 4 heterocycles. The second kappa shape index (κ2) is 8.75. The molecule has 180 valence electrons. The lowest BCUT2D eigenvalue weighted by atomic mass is 10.2. The van der Waals surface area contributed by atoms with Crippen LogP contribution in [0.25, 0.3) is 0 Å². The Hall–Kier alpha value is -1.82. The summed E-state index contributed by atoms with van der Waals surface area (Å²) in [5.74, 6) is 0.285. The van der Waals surface area contributed by atoms with Crippen LogP contribution in [-0.2, 0) is 24.3 Å². The average molecular weight is 495 g/mol. The van der Waals surface area contributed by atoms with Gasteiger partial charge in [-0.3, -0.25) is 9.59 Å². The molecule has 0 bridgehead atoms. The van der Waals surface area contributed by atoms with E-state index in [0.29, 0.717) is 44.2 Å². The van der Waals surface area contributed by atoms with Crippen LogP contribution in [0, 0.1) is 0 Å². The zero-order valence-electron chi connectivity index (χ0n) is 18.8. The van der Waals surface area contributed by atoms with Gasteiger partial charge in [0, 0.05) is 38.4 Å². The summed E-state index contributed by atoms with van der Waals surface area (Å²) in [6.45, 7) is 5.11. The molecular formula is C22H30N4O5S2. The fraction of sp³-hybridized carbons (Fsp3) is 0.636. The molecule has 1 N–H and O–H groups in total. The standard InChI is InChI=1S/C22H30N4O5S2/c1-22-7-6-20(27)26(22)19(15-32-22)21(28)23-17-14-16(4-5-18(17)24-8-2-3-9-24)33(29,30)25-10-12-31-13-11-25/h4-5,14,19H,2-3,6-13,15H2,1H3,(H,23,28)/t19-,22-/m0/s1. The number of carbonyl (C=O) groups excluding carboxylic acids is 2.